The summed E-state index contributed by atoms with van der Waals surface area (Å²) in [5.74, 6) is -1.32. The molecule has 1 N–H and O–H groups in total. The van der Waals surface area contributed by atoms with E-state index in [1.807, 2.05) is 0 Å². The van der Waals surface area contributed by atoms with Crippen LogP contribution in [0.3, 0.4) is 0 Å². The average Bonchev–Trinajstić information content (AvgIpc) is 2.89. The van der Waals surface area contributed by atoms with Crippen LogP contribution in [0, 0.1) is 0 Å². The molecule has 106 valence electrons. The second-order valence-electron chi connectivity index (χ2n) is 3.88. The number of hydrogen-bond donors (Lipinski definition) is 1. The highest BCUT2D eigenvalue weighted by atomic mass is 32.2. The summed E-state index contributed by atoms with van der Waals surface area (Å²) in [6.45, 7) is 0.684. The van der Waals surface area contributed by atoms with Gasteiger partial charge in [0.25, 0.3) is 0 Å². The maximum Gasteiger partial charge on any atom is 0.361 e. The van der Waals surface area contributed by atoms with E-state index in [4.69, 9.17) is 4.52 Å². The van der Waals surface area contributed by atoms with Crippen molar-refractivity contribution in [3.05, 3.63) is 28.0 Å². The van der Waals surface area contributed by atoms with Crippen LogP contribution in [0.15, 0.2) is 15.5 Å². The molecule has 0 aromatic carbocycles. The standard InChI is InChI=1S/C12H12N2O5S/c1-13-3-4-20-7-5-6(15)11-8(10(7)16)9(14-19-11)12(17)18-2/h5,13H,3-4H2,1-2H3. The minimum atomic E-state index is -0.808. The lowest BCUT2D eigenvalue weighted by Crippen LogP contribution is -2.19. The summed E-state index contributed by atoms with van der Waals surface area (Å²) < 4.78 is 9.30. The number of nitrogens with one attached hydrogen (secondary N) is 1. The third-order valence-electron chi connectivity index (χ3n) is 2.62. The summed E-state index contributed by atoms with van der Waals surface area (Å²) in [5.41, 5.74) is -0.378. The highest BCUT2D eigenvalue weighted by molar-refractivity contribution is 8.04. The van der Waals surface area contributed by atoms with Gasteiger partial charge in [0.2, 0.25) is 23.0 Å². The minimum absolute atomic E-state index is 0.115. The molecule has 0 spiro atoms. The summed E-state index contributed by atoms with van der Waals surface area (Å²) in [6.07, 6.45) is 1.21. The van der Waals surface area contributed by atoms with Crippen molar-refractivity contribution >= 4 is 29.3 Å². The number of Topliss-reactive ketones (excluding diaryl/α,β-unsaturated/α-hetero) is 1. The second kappa shape index (κ2) is 6.02. The van der Waals surface area contributed by atoms with Crippen molar-refractivity contribution in [2.45, 2.75) is 0 Å². The van der Waals surface area contributed by atoms with E-state index in [0.29, 0.717) is 12.3 Å². The molecule has 7 nitrogen and oxygen atoms in total. The number of aromatic nitrogens is 1. The molecule has 0 aliphatic heterocycles. The molecule has 0 atom stereocenters. The van der Waals surface area contributed by atoms with Gasteiger partial charge in [0.05, 0.1) is 12.0 Å². The number of rotatable bonds is 5. The van der Waals surface area contributed by atoms with Gasteiger partial charge in [-0.3, -0.25) is 9.59 Å². The number of fused-ring (bicyclic) bond motifs is 1. The number of carbonyl (C=O) groups excluding carboxylic acids is 3. The third kappa shape index (κ3) is 2.52. The summed E-state index contributed by atoms with van der Waals surface area (Å²) >= 11 is 1.24. The van der Waals surface area contributed by atoms with Gasteiger partial charge in [-0.15, -0.1) is 11.8 Å². The van der Waals surface area contributed by atoms with Gasteiger partial charge in [-0.25, -0.2) is 4.79 Å². The molecular formula is C12H12N2O5S. The van der Waals surface area contributed by atoms with E-state index < -0.39 is 17.5 Å². The van der Waals surface area contributed by atoms with Crippen molar-refractivity contribution in [3.8, 4) is 0 Å². The monoisotopic (exact) mass is 296 g/mol. The molecule has 1 aromatic rings. The van der Waals surface area contributed by atoms with Crippen LogP contribution in [-0.2, 0) is 4.74 Å². The molecule has 2 rings (SSSR count). The number of methoxy groups -OCH3 is 1. The van der Waals surface area contributed by atoms with Gasteiger partial charge in [0.1, 0.15) is 5.56 Å². The zero-order valence-electron chi connectivity index (χ0n) is 10.9. The van der Waals surface area contributed by atoms with Gasteiger partial charge in [-0.1, -0.05) is 5.16 Å². The third-order valence-corrected chi connectivity index (χ3v) is 3.64. The van der Waals surface area contributed by atoms with Crippen LogP contribution >= 0.6 is 11.8 Å². The fourth-order valence-corrected chi connectivity index (χ4v) is 2.60. The Morgan fingerprint density at radius 3 is 2.90 bits per heavy atom. The predicted octanol–water partition coefficient (Wildman–Crippen LogP) is 0.677. The first kappa shape index (κ1) is 14.5. The zero-order chi connectivity index (χ0) is 14.7. The number of hydrogen-bond acceptors (Lipinski definition) is 8. The lowest BCUT2D eigenvalue weighted by atomic mass is 10.00. The fourth-order valence-electron chi connectivity index (χ4n) is 1.65. The van der Waals surface area contributed by atoms with Gasteiger partial charge in [0.15, 0.2) is 0 Å². The molecule has 0 saturated heterocycles. The molecule has 1 aromatic heterocycles. The van der Waals surface area contributed by atoms with Crippen molar-refractivity contribution in [3.63, 3.8) is 0 Å². The number of ketones is 2. The van der Waals surface area contributed by atoms with Crippen molar-refractivity contribution in [2.24, 2.45) is 0 Å². The molecule has 1 aliphatic carbocycles. The van der Waals surface area contributed by atoms with Gasteiger partial charge in [-0.05, 0) is 7.05 Å². The first-order valence-electron chi connectivity index (χ1n) is 5.76. The Labute approximate surface area is 118 Å². The Balaban J connectivity index is 2.33. The first-order valence-corrected chi connectivity index (χ1v) is 6.74. The van der Waals surface area contributed by atoms with Crippen LogP contribution in [0.1, 0.15) is 31.4 Å². The normalized spacial score (nSPS) is 14.0. The number of carbonyl (C=O) groups is 3. The number of nitrogens with zero attached hydrogens (tertiary/aromatic N) is 1. The average molecular weight is 296 g/mol. The van der Waals surface area contributed by atoms with Crippen LogP contribution in [0.2, 0.25) is 0 Å². The minimum Gasteiger partial charge on any atom is -0.464 e. The topological polar surface area (TPSA) is 98.5 Å². The number of ether oxygens (including phenoxy) is 1. The second-order valence-corrected chi connectivity index (χ2v) is 5.02. The van der Waals surface area contributed by atoms with E-state index in [9.17, 15) is 14.4 Å². The van der Waals surface area contributed by atoms with Crippen LogP contribution in [0.5, 0.6) is 0 Å². The molecular weight excluding hydrogens is 284 g/mol. The maximum atomic E-state index is 12.3. The van der Waals surface area contributed by atoms with E-state index in [1.165, 1.54) is 17.8 Å². The highest BCUT2D eigenvalue weighted by Gasteiger charge is 2.36. The van der Waals surface area contributed by atoms with Crippen molar-refractivity contribution in [2.75, 3.05) is 26.5 Å². The summed E-state index contributed by atoms with van der Waals surface area (Å²) in [4.78, 5) is 35.9. The fraction of sp³-hybridized carbons (Fsp3) is 0.333. The van der Waals surface area contributed by atoms with Gasteiger partial charge >= 0.3 is 5.97 Å². The summed E-state index contributed by atoms with van der Waals surface area (Å²) in [5, 5.41) is 6.39. The smallest absolute Gasteiger partial charge is 0.361 e. The Morgan fingerprint density at radius 1 is 1.50 bits per heavy atom. The maximum absolute atomic E-state index is 12.3. The van der Waals surface area contributed by atoms with Crippen molar-refractivity contribution in [1.82, 2.24) is 10.5 Å². The van der Waals surface area contributed by atoms with E-state index in [2.05, 4.69) is 15.2 Å². The van der Waals surface area contributed by atoms with Crippen LogP contribution in [-0.4, -0.2) is 49.1 Å². The lowest BCUT2D eigenvalue weighted by Gasteiger charge is -2.10. The zero-order valence-corrected chi connectivity index (χ0v) is 11.7. The largest absolute Gasteiger partial charge is 0.464 e. The number of thioether (sulfide) groups is 1. The summed E-state index contributed by atoms with van der Waals surface area (Å²) in [6, 6.07) is 0. The van der Waals surface area contributed by atoms with Gasteiger partial charge < -0.3 is 14.6 Å². The quantitative estimate of drug-likeness (QED) is 0.625. The van der Waals surface area contributed by atoms with Crippen molar-refractivity contribution in [1.29, 1.82) is 0 Å². The van der Waals surface area contributed by atoms with Crippen LogP contribution in [0.25, 0.3) is 0 Å². The van der Waals surface area contributed by atoms with E-state index in [1.54, 1.807) is 7.05 Å². The molecule has 0 amide bonds. The molecule has 0 radical (unpaired) electrons. The number of esters is 1. The van der Waals surface area contributed by atoms with E-state index in [-0.39, 0.29) is 21.9 Å². The highest BCUT2D eigenvalue weighted by Crippen LogP contribution is 2.30. The molecule has 8 heteroatoms. The SMILES string of the molecule is CNCCSC1=CC(=O)c2onc(C(=O)OC)c2C1=O. The predicted molar refractivity (Wildman–Crippen MR) is 71.0 cm³/mol. The molecule has 0 saturated carbocycles. The number of allylic oxidation sites excluding steroid dienone is 2. The van der Waals surface area contributed by atoms with E-state index in [0.717, 1.165) is 7.11 Å². The molecule has 20 heavy (non-hydrogen) atoms. The van der Waals surface area contributed by atoms with Gasteiger partial charge in [-0.2, -0.15) is 0 Å². The molecule has 1 heterocycles. The van der Waals surface area contributed by atoms with Crippen LogP contribution < -0.4 is 5.32 Å². The molecule has 0 bridgehead atoms. The molecule has 0 fully saturated rings. The lowest BCUT2D eigenvalue weighted by molar-refractivity contribution is 0.0586. The first-order chi connectivity index (χ1) is 9.60. The summed E-state index contributed by atoms with van der Waals surface area (Å²) in [7, 11) is 2.95. The molecule has 0 unspecified atom stereocenters. The Bertz CT molecular complexity index is 605. The Kier molecular flexibility index (Phi) is 4.35. The molecule has 1 aliphatic rings. The Hall–Kier alpha value is -1.93. The van der Waals surface area contributed by atoms with Gasteiger partial charge in [0, 0.05) is 18.4 Å². The van der Waals surface area contributed by atoms with Crippen molar-refractivity contribution < 1.29 is 23.6 Å². The van der Waals surface area contributed by atoms with Crippen LogP contribution in [0.4, 0.5) is 0 Å². The van der Waals surface area contributed by atoms with E-state index >= 15 is 0 Å². The Morgan fingerprint density at radius 2 is 2.25 bits per heavy atom.